The molecule has 0 aliphatic heterocycles. The predicted octanol–water partition coefficient (Wildman–Crippen LogP) is 4.87. The molecule has 0 radical (unpaired) electrons. The molecule has 0 unspecified atom stereocenters. The number of ether oxygens (including phenoxy) is 2. The Morgan fingerprint density at radius 3 is 2.62 bits per heavy atom. The zero-order valence-corrected chi connectivity index (χ0v) is 12.4. The monoisotopic (exact) mass is 298 g/mol. The van der Waals surface area contributed by atoms with Crippen LogP contribution in [0.2, 0.25) is 0 Å². The summed E-state index contributed by atoms with van der Waals surface area (Å²) < 4.78 is 11.8. The molecule has 106 valence electrons. The maximum atomic E-state index is 11.7. The Balaban J connectivity index is 1.88. The molecule has 0 amide bonds. The van der Waals surface area contributed by atoms with Gasteiger partial charge in [-0.15, -0.1) is 11.3 Å². The minimum atomic E-state index is -0.274. The largest absolute Gasteiger partial charge is 0.462 e. The van der Waals surface area contributed by atoms with Crippen LogP contribution in [0.4, 0.5) is 0 Å². The summed E-state index contributed by atoms with van der Waals surface area (Å²) in [6, 6.07) is 17.3. The first-order chi connectivity index (χ1) is 10.3. The van der Waals surface area contributed by atoms with E-state index in [2.05, 4.69) is 0 Å². The molecule has 21 heavy (non-hydrogen) atoms. The number of esters is 1. The molecule has 1 heterocycles. The van der Waals surface area contributed by atoms with E-state index in [9.17, 15) is 4.79 Å². The highest BCUT2D eigenvalue weighted by Crippen LogP contribution is 2.31. The summed E-state index contributed by atoms with van der Waals surface area (Å²) in [4.78, 5) is 12.4. The van der Waals surface area contributed by atoms with E-state index in [1.807, 2.05) is 54.6 Å². The lowest BCUT2D eigenvalue weighted by Gasteiger charge is -2.04. The third-order valence-corrected chi connectivity index (χ3v) is 4.02. The minimum Gasteiger partial charge on any atom is -0.462 e. The number of thiophene rings is 1. The van der Waals surface area contributed by atoms with Gasteiger partial charge in [-0.2, -0.15) is 0 Å². The first-order valence-corrected chi connectivity index (χ1v) is 7.51. The van der Waals surface area contributed by atoms with E-state index in [1.165, 1.54) is 11.3 Å². The van der Waals surface area contributed by atoms with Crippen LogP contribution in [0.25, 0.3) is 10.1 Å². The van der Waals surface area contributed by atoms with Crippen molar-refractivity contribution >= 4 is 27.4 Å². The second-order valence-corrected chi connectivity index (χ2v) is 5.53. The van der Waals surface area contributed by atoms with E-state index < -0.39 is 0 Å². The van der Waals surface area contributed by atoms with Crippen molar-refractivity contribution in [1.29, 1.82) is 0 Å². The first kappa shape index (κ1) is 13.6. The summed E-state index contributed by atoms with van der Waals surface area (Å²) in [5, 5.41) is 1.02. The lowest BCUT2D eigenvalue weighted by Crippen LogP contribution is -2.01. The Kier molecular flexibility index (Phi) is 3.88. The van der Waals surface area contributed by atoms with Gasteiger partial charge in [0.25, 0.3) is 0 Å². The van der Waals surface area contributed by atoms with Crippen molar-refractivity contribution in [2.45, 2.75) is 6.92 Å². The van der Waals surface area contributed by atoms with Gasteiger partial charge in [0.2, 0.25) is 0 Å². The smallest absolute Gasteiger partial charge is 0.348 e. The van der Waals surface area contributed by atoms with E-state index in [4.69, 9.17) is 9.47 Å². The number of benzene rings is 2. The van der Waals surface area contributed by atoms with Crippen LogP contribution in [0.15, 0.2) is 54.6 Å². The van der Waals surface area contributed by atoms with Crippen molar-refractivity contribution in [3.63, 3.8) is 0 Å². The van der Waals surface area contributed by atoms with Crippen molar-refractivity contribution in [1.82, 2.24) is 0 Å². The number of carbonyl (C=O) groups excluding carboxylic acids is 1. The van der Waals surface area contributed by atoms with E-state index in [0.29, 0.717) is 11.5 Å². The van der Waals surface area contributed by atoms with Crippen molar-refractivity contribution in [2.24, 2.45) is 0 Å². The fraction of sp³-hybridized carbons (Fsp3) is 0.118. The maximum absolute atomic E-state index is 11.7. The van der Waals surface area contributed by atoms with Crippen LogP contribution in [0.3, 0.4) is 0 Å². The third-order valence-electron chi connectivity index (χ3n) is 2.95. The van der Waals surface area contributed by atoms with Crippen LogP contribution < -0.4 is 4.74 Å². The van der Waals surface area contributed by atoms with Crippen molar-refractivity contribution in [2.75, 3.05) is 6.61 Å². The molecular formula is C17H14O3S. The Labute approximate surface area is 126 Å². The predicted molar refractivity (Wildman–Crippen MR) is 84.3 cm³/mol. The van der Waals surface area contributed by atoms with Crippen LogP contribution in [0, 0.1) is 0 Å². The van der Waals surface area contributed by atoms with E-state index >= 15 is 0 Å². The van der Waals surface area contributed by atoms with Gasteiger partial charge in [0, 0.05) is 4.70 Å². The molecule has 0 N–H and O–H groups in total. The Morgan fingerprint density at radius 2 is 1.86 bits per heavy atom. The Morgan fingerprint density at radius 1 is 1.05 bits per heavy atom. The normalized spacial score (nSPS) is 10.5. The highest BCUT2D eigenvalue weighted by atomic mass is 32.1. The first-order valence-electron chi connectivity index (χ1n) is 6.70. The average molecular weight is 298 g/mol. The highest BCUT2D eigenvalue weighted by molar-refractivity contribution is 7.20. The third kappa shape index (κ3) is 3.06. The number of hydrogen-bond donors (Lipinski definition) is 0. The van der Waals surface area contributed by atoms with Gasteiger partial charge in [-0.1, -0.05) is 18.2 Å². The molecule has 0 saturated carbocycles. The van der Waals surface area contributed by atoms with E-state index in [0.717, 1.165) is 21.6 Å². The molecule has 0 spiro atoms. The number of rotatable bonds is 4. The maximum Gasteiger partial charge on any atom is 0.348 e. The summed E-state index contributed by atoms with van der Waals surface area (Å²) in [5.41, 5.74) is 0. The Bertz CT molecular complexity index is 762. The number of para-hydroxylation sites is 1. The fourth-order valence-electron chi connectivity index (χ4n) is 2.00. The van der Waals surface area contributed by atoms with Crippen molar-refractivity contribution in [3.8, 4) is 11.5 Å². The molecule has 2 aromatic carbocycles. The SMILES string of the molecule is CCOC(=O)c1cc2ccc(Oc3ccccc3)cc2s1. The van der Waals surface area contributed by atoms with Crippen LogP contribution in [0.1, 0.15) is 16.6 Å². The molecule has 0 bridgehead atoms. The molecule has 3 rings (SSSR count). The van der Waals surface area contributed by atoms with Crippen molar-refractivity contribution < 1.29 is 14.3 Å². The second-order valence-electron chi connectivity index (χ2n) is 4.45. The topological polar surface area (TPSA) is 35.5 Å². The van der Waals surface area contributed by atoms with Crippen molar-refractivity contribution in [3.05, 3.63) is 59.5 Å². The van der Waals surface area contributed by atoms with Gasteiger partial charge >= 0.3 is 5.97 Å². The van der Waals surface area contributed by atoms with Crippen LogP contribution in [0.5, 0.6) is 11.5 Å². The molecule has 0 aliphatic carbocycles. The average Bonchev–Trinajstić information content (AvgIpc) is 2.92. The molecule has 4 heteroatoms. The van der Waals surface area contributed by atoms with E-state index in [1.54, 1.807) is 6.92 Å². The zero-order valence-electron chi connectivity index (χ0n) is 11.5. The van der Waals surface area contributed by atoms with Gasteiger partial charge in [0.15, 0.2) is 0 Å². The van der Waals surface area contributed by atoms with Gasteiger partial charge in [-0.3, -0.25) is 0 Å². The van der Waals surface area contributed by atoms with Gasteiger partial charge in [0.1, 0.15) is 16.4 Å². The molecular weight excluding hydrogens is 284 g/mol. The molecule has 0 fully saturated rings. The zero-order chi connectivity index (χ0) is 14.7. The van der Waals surface area contributed by atoms with Crippen LogP contribution in [-0.4, -0.2) is 12.6 Å². The lowest BCUT2D eigenvalue weighted by molar-refractivity contribution is 0.0532. The summed E-state index contributed by atoms with van der Waals surface area (Å²) in [6.07, 6.45) is 0. The van der Waals surface area contributed by atoms with Crippen LogP contribution >= 0.6 is 11.3 Å². The van der Waals surface area contributed by atoms with E-state index in [-0.39, 0.29) is 5.97 Å². The summed E-state index contributed by atoms with van der Waals surface area (Å²) in [7, 11) is 0. The minimum absolute atomic E-state index is 0.274. The standard InChI is InChI=1S/C17H14O3S/c1-2-19-17(18)16-10-12-8-9-14(11-15(12)21-16)20-13-6-4-3-5-7-13/h3-11H,2H2,1H3. The van der Waals surface area contributed by atoms with Crippen LogP contribution in [-0.2, 0) is 4.74 Å². The second kappa shape index (κ2) is 5.97. The Hall–Kier alpha value is -2.33. The highest BCUT2D eigenvalue weighted by Gasteiger charge is 2.11. The van der Waals surface area contributed by atoms with Gasteiger partial charge in [0.05, 0.1) is 6.61 Å². The molecule has 0 aliphatic rings. The van der Waals surface area contributed by atoms with Gasteiger partial charge < -0.3 is 9.47 Å². The molecule has 0 saturated heterocycles. The summed E-state index contributed by atoms with van der Waals surface area (Å²) in [6.45, 7) is 2.19. The fourth-order valence-corrected chi connectivity index (χ4v) is 2.99. The van der Waals surface area contributed by atoms with Gasteiger partial charge in [-0.25, -0.2) is 4.79 Å². The van der Waals surface area contributed by atoms with Gasteiger partial charge in [-0.05, 0) is 48.7 Å². The number of carbonyl (C=O) groups is 1. The molecule has 0 atom stereocenters. The molecule has 1 aromatic heterocycles. The quantitative estimate of drug-likeness (QED) is 0.645. The number of hydrogen-bond acceptors (Lipinski definition) is 4. The summed E-state index contributed by atoms with van der Waals surface area (Å²) in [5.74, 6) is 1.27. The molecule has 3 nitrogen and oxygen atoms in total. The number of fused-ring (bicyclic) bond motifs is 1. The lowest BCUT2D eigenvalue weighted by atomic mass is 10.2. The molecule has 3 aromatic rings. The summed E-state index contributed by atoms with van der Waals surface area (Å²) >= 11 is 1.42.